The fourth-order valence-corrected chi connectivity index (χ4v) is 2.34. The second-order valence-corrected chi connectivity index (χ2v) is 5.28. The highest BCUT2D eigenvalue weighted by Crippen LogP contribution is 2.31. The number of aromatic hydroxyl groups is 1. The summed E-state index contributed by atoms with van der Waals surface area (Å²) in [6, 6.07) is 7.12. The zero-order valence-corrected chi connectivity index (χ0v) is 12.6. The van der Waals surface area contributed by atoms with Crippen molar-refractivity contribution in [1.29, 1.82) is 0 Å². The lowest BCUT2D eigenvalue weighted by Crippen LogP contribution is -2.18. The van der Waals surface area contributed by atoms with Crippen molar-refractivity contribution in [2.24, 2.45) is 0 Å². The largest absolute Gasteiger partial charge is 0.506 e. The lowest BCUT2D eigenvalue weighted by molar-refractivity contribution is -0.183. The number of halogens is 2. The summed E-state index contributed by atoms with van der Waals surface area (Å²) in [5.41, 5.74) is 0.368. The van der Waals surface area contributed by atoms with Crippen LogP contribution in [0, 0.1) is 11.6 Å². The molecule has 0 bridgehead atoms. The Morgan fingerprint density at radius 1 is 1.12 bits per heavy atom. The first-order chi connectivity index (χ1) is 11.5. The Balaban J connectivity index is 1.82. The van der Waals surface area contributed by atoms with Crippen LogP contribution in [0.3, 0.4) is 0 Å². The molecule has 0 unspecified atom stereocenters. The quantitative estimate of drug-likeness (QED) is 0.844. The number of carbonyl (C=O) groups is 1. The molecule has 2 N–H and O–H groups in total. The Bertz CT molecular complexity index is 760. The molecule has 0 spiro atoms. The molecule has 2 aromatic rings. The van der Waals surface area contributed by atoms with Crippen molar-refractivity contribution in [2.75, 3.05) is 18.5 Å². The van der Waals surface area contributed by atoms with E-state index in [0.29, 0.717) is 24.8 Å². The minimum atomic E-state index is -0.984. The van der Waals surface area contributed by atoms with Crippen molar-refractivity contribution in [3.05, 3.63) is 59.2 Å². The molecule has 2 aromatic carbocycles. The van der Waals surface area contributed by atoms with Crippen molar-refractivity contribution in [2.45, 2.75) is 12.7 Å². The van der Waals surface area contributed by atoms with E-state index >= 15 is 0 Å². The van der Waals surface area contributed by atoms with E-state index in [1.807, 2.05) is 0 Å². The maximum Gasteiger partial charge on any atom is 0.258 e. The molecule has 1 aliphatic rings. The highest BCUT2D eigenvalue weighted by molar-refractivity contribution is 6.05. The number of phenols is 1. The lowest BCUT2D eigenvalue weighted by Gasteiger charge is -2.24. The summed E-state index contributed by atoms with van der Waals surface area (Å²) in [6.07, 6.45) is 0.208. The summed E-state index contributed by atoms with van der Waals surface area (Å²) < 4.78 is 37.5. The van der Waals surface area contributed by atoms with Crippen LogP contribution in [0.5, 0.6) is 5.75 Å². The molecule has 24 heavy (non-hydrogen) atoms. The summed E-state index contributed by atoms with van der Waals surface area (Å²) >= 11 is 0. The highest BCUT2D eigenvalue weighted by atomic mass is 19.1. The average Bonchev–Trinajstić information content (AvgIpc) is 2.57. The Labute approximate surface area is 136 Å². The third-order valence-corrected chi connectivity index (χ3v) is 3.54. The minimum absolute atomic E-state index is 0.0824. The van der Waals surface area contributed by atoms with Crippen molar-refractivity contribution >= 4 is 11.6 Å². The summed E-state index contributed by atoms with van der Waals surface area (Å²) in [5.74, 6) is -2.75. The van der Waals surface area contributed by atoms with Gasteiger partial charge in [0.25, 0.3) is 5.91 Å². The van der Waals surface area contributed by atoms with E-state index in [1.165, 1.54) is 12.1 Å². The third-order valence-electron chi connectivity index (χ3n) is 3.54. The average molecular weight is 335 g/mol. The fourth-order valence-electron chi connectivity index (χ4n) is 2.34. The van der Waals surface area contributed by atoms with Crippen LogP contribution in [0.15, 0.2) is 36.4 Å². The van der Waals surface area contributed by atoms with Gasteiger partial charge in [0.15, 0.2) is 6.29 Å². The number of phenolic OH excluding ortho intramolecular Hbond substituents is 1. The van der Waals surface area contributed by atoms with Crippen LogP contribution in [-0.2, 0) is 9.47 Å². The number of hydrogen-bond donors (Lipinski definition) is 2. The van der Waals surface area contributed by atoms with Crippen LogP contribution in [0.4, 0.5) is 14.5 Å². The molecule has 1 amide bonds. The number of ether oxygens (including phenoxy) is 2. The van der Waals surface area contributed by atoms with Crippen molar-refractivity contribution in [1.82, 2.24) is 0 Å². The molecule has 0 aromatic heterocycles. The number of carbonyl (C=O) groups excluding carboxylic acids is 1. The van der Waals surface area contributed by atoms with Crippen LogP contribution in [-0.4, -0.2) is 24.2 Å². The Morgan fingerprint density at radius 3 is 2.58 bits per heavy atom. The van der Waals surface area contributed by atoms with Gasteiger partial charge in [0.1, 0.15) is 17.4 Å². The van der Waals surface area contributed by atoms with Gasteiger partial charge in [0.2, 0.25) is 0 Å². The van der Waals surface area contributed by atoms with E-state index in [1.54, 1.807) is 6.07 Å². The van der Waals surface area contributed by atoms with Gasteiger partial charge in [-0.05, 0) is 30.7 Å². The van der Waals surface area contributed by atoms with Crippen molar-refractivity contribution in [3.8, 4) is 5.75 Å². The predicted molar refractivity (Wildman–Crippen MR) is 81.7 cm³/mol. The maximum absolute atomic E-state index is 13.7. The van der Waals surface area contributed by atoms with E-state index in [-0.39, 0.29) is 17.0 Å². The normalized spacial score (nSPS) is 15.2. The number of anilines is 1. The summed E-state index contributed by atoms with van der Waals surface area (Å²) in [4.78, 5) is 12.1. The van der Waals surface area contributed by atoms with E-state index in [9.17, 15) is 18.7 Å². The zero-order chi connectivity index (χ0) is 17.1. The molecular weight excluding hydrogens is 320 g/mol. The van der Waals surface area contributed by atoms with Gasteiger partial charge in [-0.1, -0.05) is 6.07 Å². The summed E-state index contributed by atoms with van der Waals surface area (Å²) in [6.45, 7) is 1.10. The maximum atomic E-state index is 13.7. The number of hydrogen-bond acceptors (Lipinski definition) is 4. The number of nitrogens with one attached hydrogen (secondary N) is 1. The first kappa shape index (κ1) is 16.4. The van der Waals surface area contributed by atoms with Crippen molar-refractivity contribution in [3.63, 3.8) is 0 Å². The van der Waals surface area contributed by atoms with Crippen LogP contribution in [0.1, 0.15) is 28.6 Å². The van der Waals surface area contributed by atoms with Crippen LogP contribution < -0.4 is 5.32 Å². The monoisotopic (exact) mass is 335 g/mol. The molecule has 0 saturated carbocycles. The van der Waals surface area contributed by atoms with Gasteiger partial charge in [-0.2, -0.15) is 0 Å². The number of rotatable bonds is 3. The zero-order valence-electron chi connectivity index (χ0n) is 12.6. The van der Waals surface area contributed by atoms with Crippen molar-refractivity contribution < 1.29 is 28.2 Å². The summed E-state index contributed by atoms with van der Waals surface area (Å²) in [5, 5.41) is 12.3. The molecule has 1 saturated heterocycles. The van der Waals surface area contributed by atoms with Crippen LogP contribution in [0.2, 0.25) is 0 Å². The lowest BCUT2D eigenvalue weighted by atomic mass is 10.1. The molecule has 126 valence electrons. The second kappa shape index (κ2) is 6.94. The van der Waals surface area contributed by atoms with Gasteiger partial charge >= 0.3 is 0 Å². The Kier molecular flexibility index (Phi) is 4.73. The van der Waals surface area contributed by atoms with E-state index in [0.717, 1.165) is 18.6 Å². The number of amides is 1. The second-order valence-electron chi connectivity index (χ2n) is 5.28. The van der Waals surface area contributed by atoms with Gasteiger partial charge in [-0.3, -0.25) is 4.79 Å². The Hall–Kier alpha value is -2.51. The molecule has 1 fully saturated rings. The summed E-state index contributed by atoms with van der Waals surface area (Å²) in [7, 11) is 0. The third kappa shape index (κ3) is 3.52. The van der Waals surface area contributed by atoms with Gasteiger partial charge in [0, 0.05) is 11.6 Å². The fraction of sp³-hybridized carbons (Fsp3) is 0.235. The Morgan fingerprint density at radius 2 is 1.88 bits per heavy atom. The van der Waals surface area contributed by atoms with Gasteiger partial charge in [-0.25, -0.2) is 8.78 Å². The molecular formula is C17H15F2NO4. The predicted octanol–water partition coefficient (Wildman–Crippen LogP) is 3.36. The highest BCUT2D eigenvalue weighted by Gasteiger charge is 2.19. The molecule has 0 radical (unpaired) electrons. The topological polar surface area (TPSA) is 67.8 Å². The molecule has 0 atom stereocenters. The van der Waals surface area contributed by atoms with E-state index < -0.39 is 23.8 Å². The first-order valence-corrected chi connectivity index (χ1v) is 7.37. The molecule has 1 heterocycles. The number of benzene rings is 2. The van der Waals surface area contributed by atoms with Gasteiger partial charge in [0.05, 0.1) is 24.5 Å². The first-order valence-electron chi connectivity index (χ1n) is 7.37. The SMILES string of the molecule is O=C(Nc1cc(C2OCCCO2)ccc1O)c1ccc(F)cc1F. The smallest absolute Gasteiger partial charge is 0.258 e. The molecule has 0 aliphatic carbocycles. The molecule has 5 nitrogen and oxygen atoms in total. The molecule has 3 rings (SSSR count). The van der Waals surface area contributed by atoms with Gasteiger partial charge in [-0.15, -0.1) is 0 Å². The molecule has 7 heteroatoms. The van der Waals surface area contributed by atoms with E-state index in [2.05, 4.69) is 5.32 Å². The van der Waals surface area contributed by atoms with Crippen LogP contribution in [0.25, 0.3) is 0 Å². The van der Waals surface area contributed by atoms with Gasteiger partial charge < -0.3 is 19.9 Å². The van der Waals surface area contributed by atoms with Crippen LogP contribution >= 0.6 is 0 Å². The minimum Gasteiger partial charge on any atom is -0.506 e. The standard InChI is InChI=1S/C17H15F2NO4/c18-11-3-4-12(13(19)9-11)16(22)20-14-8-10(2-5-15(14)21)17-23-6-1-7-24-17/h2-5,8-9,17,21H,1,6-7H2,(H,20,22). The van der Waals surface area contributed by atoms with E-state index in [4.69, 9.17) is 9.47 Å². The molecule has 1 aliphatic heterocycles.